The van der Waals surface area contributed by atoms with Crippen LogP contribution in [0.5, 0.6) is 0 Å². The van der Waals surface area contributed by atoms with Crippen LogP contribution < -0.4 is 0 Å². The van der Waals surface area contributed by atoms with Gasteiger partial charge in [0.2, 0.25) is 0 Å². The van der Waals surface area contributed by atoms with E-state index in [1.54, 1.807) is 0 Å². The lowest BCUT2D eigenvalue weighted by Crippen LogP contribution is -2.19. The first kappa shape index (κ1) is 17.7. The number of hydrogen-bond donors (Lipinski definition) is 1. The summed E-state index contributed by atoms with van der Waals surface area (Å²) in [7, 11) is 0. The van der Waals surface area contributed by atoms with Crippen LogP contribution in [-0.4, -0.2) is 11.7 Å². The van der Waals surface area contributed by atoms with Crippen LogP contribution in [0, 0.1) is 5.41 Å². The lowest BCUT2D eigenvalue weighted by molar-refractivity contribution is 0.335. The van der Waals surface area contributed by atoms with E-state index in [-0.39, 0.29) is 6.61 Å². The molecule has 0 spiro atoms. The van der Waals surface area contributed by atoms with Crippen molar-refractivity contribution < 1.29 is 5.11 Å². The van der Waals surface area contributed by atoms with Gasteiger partial charge in [0.05, 0.1) is 6.61 Å². The Morgan fingerprint density at radius 3 is 2.57 bits per heavy atom. The van der Waals surface area contributed by atoms with Gasteiger partial charge in [0.15, 0.2) is 0 Å². The molecule has 1 heteroatoms. The zero-order valence-electron chi connectivity index (χ0n) is 14.2. The molecule has 0 aromatic carbocycles. The SMILES string of the molecule is CC=C(C=CC=C(C)C=CC1=C(C)CCCC1(C)C)CO. The minimum atomic E-state index is 0.0933. The minimum Gasteiger partial charge on any atom is -0.392 e. The smallest absolute Gasteiger partial charge is 0.0678 e. The van der Waals surface area contributed by atoms with Gasteiger partial charge < -0.3 is 5.11 Å². The number of hydrogen-bond acceptors (Lipinski definition) is 1. The Hall–Kier alpha value is -1.34. The van der Waals surface area contributed by atoms with Gasteiger partial charge in [-0.15, -0.1) is 0 Å². The first-order chi connectivity index (χ1) is 9.90. The Labute approximate surface area is 130 Å². The highest BCUT2D eigenvalue weighted by Crippen LogP contribution is 2.40. The Kier molecular flexibility index (Phi) is 6.91. The molecule has 1 nitrogen and oxygen atoms in total. The summed E-state index contributed by atoms with van der Waals surface area (Å²) < 4.78 is 0. The summed E-state index contributed by atoms with van der Waals surface area (Å²) >= 11 is 0. The van der Waals surface area contributed by atoms with Crippen molar-refractivity contribution in [1.29, 1.82) is 0 Å². The molecule has 0 fully saturated rings. The molecule has 0 saturated carbocycles. The summed E-state index contributed by atoms with van der Waals surface area (Å²) in [5.74, 6) is 0. The van der Waals surface area contributed by atoms with Gasteiger partial charge in [-0.2, -0.15) is 0 Å². The van der Waals surface area contributed by atoms with Crippen molar-refractivity contribution in [3.63, 3.8) is 0 Å². The van der Waals surface area contributed by atoms with Gasteiger partial charge in [-0.3, -0.25) is 0 Å². The van der Waals surface area contributed by atoms with Crippen LogP contribution in [0.4, 0.5) is 0 Å². The van der Waals surface area contributed by atoms with E-state index in [1.807, 2.05) is 25.2 Å². The molecule has 0 heterocycles. The second-order valence-electron chi connectivity index (χ2n) is 6.56. The van der Waals surface area contributed by atoms with Crippen molar-refractivity contribution in [1.82, 2.24) is 0 Å². The third-order valence-electron chi connectivity index (χ3n) is 4.28. The van der Waals surface area contributed by atoms with Crippen molar-refractivity contribution in [2.45, 2.75) is 53.9 Å². The lowest BCUT2D eigenvalue weighted by Gasteiger charge is -2.32. The Morgan fingerprint density at radius 2 is 2.00 bits per heavy atom. The highest BCUT2D eigenvalue weighted by molar-refractivity contribution is 5.37. The van der Waals surface area contributed by atoms with Crippen molar-refractivity contribution in [3.8, 4) is 0 Å². The average molecular weight is 286 g/mol. The van der Waals surface area contributed by atoms with Gasteiger partial charge in [0.25, 0.3) is 0 Å². The van der Waals surface area contributed by atoms with E-state index < -0.39 is 0 Å². The first-order valence-corrected chi connectivity index (χ1v) is 7.90. The fourth-order valence-electron chi connectivity index (χ4n) is 2.84. The largest absolute Gasteiger partial charge is 0.392 e. The third kappa shape index (κ3) is 5.51. The zero-order valence-corrected chi connectivity index (χ0v) is 14.2. The first-order valence-electron chi connectivity index (χ1n) is 7.90. The topological polar surface area (TPSA) is 20.2 Å². The molecule has 0 aliphatic heterocycles. The van der Waals surface area contributed by atoms with Crippen LogP contribution in [0.3, 0.4) is 0 Å². The van der Waals surface area contributed by atoms with E-state index in [1.165, 1.54) is 36.0 Å². The zero-order chi connectivity index (χ0) is 15.9. The molecule has 0 atom stereocenters. The molecule has 0 radical (unpaired) electrons. The Morgan fingerprint density at radius 1 is 1.29 bits per heavy atom. The van der Waals surface area contributed by atoms with E-state index in [0.29, 0.717) is 5.41 Å². The van der Waals surface area contributed by atoms with Gasteiger partial charge >= 0.3 is 0 Å². The highest BCUT2D eigenvalue weighted by atomic mass is 16.3. The predicted molar refractivity (Wildman–Crippen MR) is 93.2 cm³/mol. The average Bonchev–Trinajstić information content (AvgIpc) is 2.42. The van der Waals surface area contributed by atoms with Gasteiger partial charge in [-0.1, -0.05) is 61.4 Å². The van der Waals surface area contributed by atoms with Crippen LogP contribution >= 0.6 is 0 Å². The summed E-state index contributed by atoms with van der Waals surface area (Å²) in [5.41, 5.74) is 5.48. The normalized spacial score (nSPS) is 20.9. The van der Waals surface area contributed by atoms with E-state index in [4.69, 9.17) is 5.11 Å². The summed E-state index contributed by atoms with van der Waals surface area (Å²) in [6.45, 7) is 11.1. The Balaban J connectivity index is 2.80. The Bertz CT molecular complexity index is 496. The van der Waals surface area contributed by atoms with Crippen LogP contribution in [0.25, 0.3) is 0 Å². The number of rotatable bonds is 5. The molecular formula is C20H30O. The maximum absolute atomic E-state index is 9.09. The van der Waals surface area contributed by atoms with E-state index in [2.05, 4.69) is 45.9 Å². The molecule has 1 N–H and O–H groups in total. The van der Waals surface area contributed by atoms with Gasteiger partial charge in [-0.25, -0.2) is 0 Å². The highest BCUT2D eigenvalue weighted by Gasteiger charge is 2.26. The van der Waals surface area contributed by atoms with Crippen molar-refractivity contribution in [2.24, 2.45) is 5.41 Å². The monoisotopic (exact) mass is 286 g/mol. The molecule has 116 valence electrons. The second kappa shape index (κ2) is 8.19. The summed E-state index contributed by atoms with van der Waals surface area (Å²) in [4.78, 5) is 0. The summed E-state index contributed by atoms with van der Waals surface area (Å²) in [6, 6.07) is 0. The maximum atomic E-state index is 9.09. The molecular weight excluding hydrogens is 256 g/mol. The quantitative estimate of drug-likeness (QED) is 0.661. The maximum Gasteiger partial charge on any atom is 0.0678 e. The molecule has 21 heavy (non-hydrogen) atoms. The van der Waals surface area contributed by atoms with Crippen molar-refractivity contribution >= 4 is 0 Å². The molecule has 0 aromatic rings. The van der Waals surface area contributed by atoms with Crippen LogP contribution in [0.2, 0.25) is 0 Å². The van der Waals surface area contributed by atoms with Crippen molar-refractivity contribution in [3.05, 3.63) is 58.7 Å². The minimum absolute atomic E-state index is 0.0933. The number of aliphatic hydroxyl groups excluding tert-OH is 1. The molecule has 0 unspecified atom stereocenters. The number of aliphatic hydroxyl groups is 1. The number of allylic oxidation sites excluding steroid dienone is 8. The van der Waals surface area contributed by atoms with Crippen molar-refractivity contribution in [2.75, 3.05) is 6.61 Å². The third-order valence-corrected chi connectivity index (χ3v) is 4.28. The molecule has 0 amide bonds. The van der Waals surface area contributed by atoms with Crippen LogP contribution in [0.1, 0.15) is 53.9 Å². The summed E-state index contributed by atoms with van der Waals surface area (Å²) in [6.07, 6.45) is 16.3. The van der Waals surface area contributed by atoms with E-state index in [0.717, 1.165) is 5.57 Å². The van der Waals surface area contributed by atoms with E-state index >= 15 is 0 Å². The standard InChI is InChI=1S/C20H30O/c1-6-18(15-21)11-7-9-16(2)12-13-19-17(3)10-8-14-20(19,4)5/h6-7,9,11-13,21H,8,10,14-15H2,1-5H3. The van der Waals surface area contributed by atoms with Gasteiger partial charge in [0, 0.05) is 0 Å². The molecule has 0 saturated heterocycles. The second-order valence-corrected chi connectivity index (χ2v) is 6.56. The molecule has 0 aromatic heterocycles. The van der Waals surface area contributed by atoms with Gasteiger partial charge in [0.1, 0.15) is 0 Å². The van der Waals surface area contributed by atoms with Crippen LogP contribution in [-0.2, 0) is 0 Å². The lowest BCUT2D eigenvalue weighted by atomic mass is 9.72. The fourth-order valence-corrected chi connectivity index (χ4v) is 2.84. The molecule has 1 aliphatic carbocycles. The molecule has 1 rings (SSSR count). The van der Waals surface area contributed by atoms with E-state index in [9.17, 15) is 0 Å². The fraction of sp³-hybridized carbons (Fsp3) is 0.500. The summed E-state index contributed by atoms with van der Waals surface area (Å²) in [5, 5.41) is 9.09. The van der Waals surface area contributed by atoms with Crippen LogP contribution in [0.15, 0.2) is 58.7 Å². The predicted octanol–water partition coefficient (Wildman–Crippen LogP) is 5.51. The van der Waals surface area contributed by atoms with Gasteiger partial charge in [-0.05, 0) is 56.6 Å². The molecule has 0 bridgehead atoms. The molecule has 1 aliphatic rings.